The number of hydrogen-bond acceptors (Lipinski definition) is 3. The number of rotatable bonds is 2. The second-order valence-electron chi connectivity index (χ2n) is 5.03. The Hall–Kier alpha value is -1.55. The number of fused-ring (bicyclic) bond motifs is 1. The Balaban J connectivity index is 1.89. The first kappa shape index (κ1) is 10.6. The molecule has 0 atom stereocenters. The van der Waals surface area contributed by atoms with E-state index in [-0.39, 0.29) is 5.76 Å². The lowest BCUT2D eigenvalue weighted by molar-refractivity contribution is 0.264. The van der Waals surface area contributed by atoms with Gasteiger partial charge in [0.05, 0.1) is 5.52 Å². The maximum atomic E-state index is 11.4. The molecular weight excluding hydrogens is 216 g/mol. The Bertz CT molecular complexity index is 605. The molecule has 2 aromatic rings. The van der Waals surface area contributed by atoms with Crippen molar-refractivity contribution in [1.29, 1.82) is 0 Å². The van der Waals surface area contributed by atoms with Gasteiger partial charge < -0.3 is 10.2 Å². The summed E-state index contributed by atoms with van der Waals surface area (Å²) < 4.78 is 6.70. The molecule has 4 heteroatoms. The summed E-state index contributed by atoms with van der Waals surface area (Å²) in [4.78, 5) is 11.4. The molecular formula is C13H16N2O2. The molecule has 0 saturated heterocycles. The molecule has 90 valence electrons. The summed E-state index contributed by atoms with van der Waals surface area (Å²) in [7, 11) is 1.72. The predicted molar refractivity (Wildman–Crippen MR) is 65.9 cm³/mol. The molecule has 1 fully saturated rings. The van der Waals surface area contributed by atoms with Crippen LogP contribution in [0.2, 0.25) is 0 Å². The normalized spacial score (nSPS) is 23.9. The van der Waals surface area contributed by atoms with Gasteiger partial charge in [0.1, 0.15) is 0 Å². The molecule has 4 nitrogen and oxygen atoms in total. The topological polar surface area (TPSA) is 61.2 Å². The molecule has 0 bridgehead atoms. The molecule has 0 spiro atoms. The summed E-state index contributed by atoms with van der Waals surface area (Å²) >= 11 is 0. The number of nitrogens with two attached hydrogens (primary N) is 1. The highest BCUT2D eigenvalue weighted by Gasteiger charge is 2.25. The molecule has 0 unspecified atom stereocenters. The van der Waals surface area contributed by atoms with Crippen LogP contribution in [-0.4, -0.2) is 10.6 Å². The van der Waals surface area contributed by atoms with Crippen LogP contribution in [0.3, 0.4) is 0 Å². The molecule has 0 aliphatic heterocycles. The van der Waals surface area contributed by atoms with Gasteiger partial charge in [-0.2, -0.15) is 0 Å². The van der Waals surface area contributed by atoms with Crippen molar-refractivity contribution in [3.63, 3.8) is 0 Å². The van der Waals surface area contributed by atoms with Crippen LogP contribution in [0.1, 0.15) is 18.4 Å². The van der Waals surface area contributed by atoms with Gasteiger partial charge in [-0.05, 0) is 42.9 Å². The summed E-state index contributed by atoms with van der Waals surface area (Å²) in [5, 5.41) is 0. The minimum Gasteiger partial charge on any atom is -0.408 e. The Morgan fingerprint density at radius 2 is 2.24 bits per heavy atom. The minimum absolute atomic E-state index is 0.303. The van der Waals surface area contributed by atoms with E-state index in [1.165, 1.54) is 10.1 Å². The second kappa shape index (κ2) is 3.74. The van der Waals surface area contributed by atoms with Crippen LogP contribution >= 0.6 is 0 Å². The van der Waals surface area contributed by atoms with Crippen LogP contribution in [0, 0.1) is 5.92 Å². The largest absolute Gasteiger partial charge is 0.419 e. The van der Waals surface area contributed by atoms with Gasteiger partial charge in [-0.15, -0.1) is 0 Å². The Morgan fingerprint density at radius 3 is 2.94 bits per heavy atom. The lowest BCUT2D eigenvalue weighted by Crippen LogP contribution is -2.37. The molecule has 1 aliphatic rings. The summed E-state index contributed by atoms with van der Waals surface area (Å²) in [6.07, 6.45) is 3.25. The fraction of sp³-hybridized carbons (Fsp3) is 0.462. The lowest BCUT2D eigenvalue weighted by Gasteiger charge is -2.32. The van der Waals surface area contributed by atoms with Crippen molar-refractivity contribution < 1.29 is 4.42 Å². The first-order chi connectivity index (χ1) is 8.13. The zero-order valence-corrected chi connectivity index (χ0v) is 9.85. The Kier molecular flexibility index (Phi) is 2.33. The van der Waals surface area contributed by atoms with Gasteiger partial charge in [-0.1, -0.05) is 6.07 Å². The minimum atomic E-state index is -0.303. The number of oxazole rings is 1. The number of aromatic nitrogens is 1. The number of nitrogens with zero attached hydrogens (tertiary/aromatic N) is 1. The van der Waals surface area contributed by atoms with Gasteiger partial charge in [0, 0.05) is 13.1 Å². The van der Waals surface area contributed by atoms with Gasteiger partial charge >= 0.3 is 5.76 Å². The molecule has 0 radical (unpaired) electrons. The van der Waals surface area contributed by atoms with Crippen LogP contribution in [0.15, 0.2) is 27.4 Å². The molecule has 17 heavy (non-hydrogen) atoms. The lowest BCUT2D eigenvalue weighted by atomic mass is 9.77. The van der Waals surface area contributed by atoms with E-state index in [0.29, 0.717) is 17.5 Å². The average Bonchev–Trinajstić information content (AvgIpc) is 2.52. The van der Waals surface area contributed by atoms with Gasteiger partial charge in [0.15, 0.2) is 5.58 Å². The number of aryl methyl sites for hydroxylation is 1. The highest BCUT2D eigenvalue weighted by atomic mass is 16.4. The molecule has 3 rings (SSSR count). The molecule has 1 saturated carbocycles. The van der Waals surface area contributed by atoms with Crippen molar-refractivity contribution >= 4 is 11.1 Å². The van der Waals surface area contributed by atoms with E-state index in [1.807, 2.05) is 12.1 Å². The number of benzene rings is 1. The Morgan fingerprint density at radius 1 is 1.47 bits per heavy atom. The van der Waals surface area contributed by atoms with Gasteiger partial charge in [0.2, 0.25) is 0 Å². The zero-order chi connectivity index (χ0) is 12.0. The quantitative estimate of drug-likeness (QED) is 0.851. The van der Waals surface area contributed by atoms with Crippen LogP contribution in [-0.2, 0) is 13.5 Å². The van der Waals surface area contributed by atoms with Crippen LogP contribution in [0.5, 0.6) is 0 Å². The monoisotopic (exact) mass is 232 g/mol. The summed E-state index contributed by atoms with van der Waals surface area (Å²) in [5.41, 5.74) is 8.53. The van der Waals surface area contributed by atoms with Crippen molar-refractivity contribution in [1.82, 2.24) is 4.57 Å². The molecule has 1 heterocycles. The molecule has 0 amide bonds. The molecule has 1 aromatic heterocycles. The predicted octanol–water partition coefficient (Wildman–Crippen LogP) is 1.41. The third-order valence-electron chi connectivity index (χ3n) is 3.65. The van der Waals surface area contributed by atoms with Gasteiger partial charge in [-0.3, -0.25) is 4.57 Å². The van der Waals surface area contributed by atoms with Crippen molar-refractivity contribution in [2.24, 2.45) is 18.7 Å². The van der Waals surface area contributed by atoms with E-state index in [2.05, 4.69) is 6.07 Å². The summed E-state index contributed by atoms with van der Waals surface area (Å²) in [5.74, 6) is 0.390. The third kappa shape index (κ3) is 1.78. The molecule has 2 N–H and O–H groups in total. The van der Waals surface area contributed by atoms with Crippen molar-refractivity contribution in [3.8, 4) is 0 Å². The van der Waals surface area contributed by atoms with Crippen molar-refractivity contribution in [2.75, 3.05) is 0 Å². The first-order valence-corrected chi connectivity index (χ1v) is 5.97. The first-order valence-electron chi connectivity index (χ1n) is 5.97. The highest BCUT2D eigenvalue weighted by Crippen LogP contribution is 2.29. The van der Waals surface area contributed by atoms with Crippen LogP contribution < -0.4 is 11.5 Å². The number of hydrogen-bond donors (Lipinski definition) is 1. The van der Waals surface area contributed by atoms with E-state index in [1.54, 1.807) is 7.05 Å². The maximum absolute atomic E-state index is 11.4. The van der Waals surface area contributed by atoms with E-state index >= 15 is 0 Å². The van der Waals surface area contributed by atoms with Crippen molar-refractivity contribution in [3.05, 3.63) is 34.3 Å². The summed E-state index contributed by atoms with van der Waals surface area (Å²) in [6, 6.07) is 6.38. The Labute approximate surface area is 99.0 Å². The van der Waals surface area contributed by atoms with E-state index in [0.717, 1.165) is 24.8 Å². The van der Waals surface area contributed by atoms with E-state index in [9.17, 15) is 4.79 Å². The standard InChI is InChI=1S/C13H16N2O2/c1-15-11-3-2-8(4-9-5-10(14)6-9)7-12(11)17-13(15)16/h2-3,7,9-10H,4-6,14H2,1H3. The fourth-order valence-corrected chi connectivity index (χ4v) is 2.59. The third-order valence-corrected chi connectivity index (χ3v) is 3.65. The second-order valence-corrected chi connectivity index (χ2v) is 5.03. The van der Waals surface area contributed by atoms with Crippen LogP contribution in [0.25, 0.3) is 11.1 Å². The smallest absolute Gasteiger partial charge is 0.408 e. The van der Waals surface area contributed by atoms with Gasteiger partial charge in [-0.25, -0.2) is 4.79 Å². The van der Waals surface area contributed by atoms with E-state index < -0.39 is 0 Å². The molecule has 1 aliphatic carbocycles. The zero-order valence-electron chi connectivity index (χ0n) is 9.85. The highest BCUT2D eigenvalue weighted by molar-refractivity contribution is 5.73. The summed E-state index contributed by atoms with van der Waals surface area (Å²) in [6.45, 7) is 0. The average molecular weight is 232 g/mol. The maximum Gasteiger partial charge on any atom is 0.419 e. The van der Waals surface area contributed by atoms with Gasteiger partial charge in [0.25, 0.3) is 0 Å². The fourth-order valence-electron chi connectivity index (χ4n) is 2.59. The van der Waals surface area contributed by atoms with Crippen LogP contribution in [0.4, 0.5) is 0 Å². The SMILES string of the molecule is Cn1c(=O)oc2cc(CC3CC(N)C3)ccc21. The van der Waals surface area contributed by atoms with Crippen molar-refractivity contribution in [2.45, 2.75) is 25.3 Å². The van der Waals surface area contributed by atoms with E-state index in [4.69, 9.17) is 10.2 Å². The molecule has 1 aromatic carbocycles.